The first-order chi connectivity index (χ1) is 6.36. The van der Waals surface area contributed by atoms with Gasteiger partial charge in [-0.25, -0.2) is 0 Å². The molecule has 0 aromatic carbocycles. The lowest BCUT2D eigenvalue weighted by Crippen LogP contribution is -2.33. The van der Waals surface area contributed by atoms with E-state index < -0.39 is 0 Å². The van der Waals surface area contributed by atoms with Crippen LogP contribution in [0.15, 0.2) is 23.0 Å². The number of hydrogen-bond acceptors (Lipinski definition) is 3. The summed E-state index contributed by atoms with van der Waals surface area (Å²) in [7, 11) is 0. The van der Waals surface area contributed by atoms with E-state index in [0.29, 0.717) is 12.1 Å². The molecule has 0 amide bonds. The summed E-state index contributed by atoms with van der Waals surface area (Å²) in [4.78, 5) is 0. The Morgan fingerprint density at radius 3 is 3.15 bits per heavy atom. The molecule has 0 saturated carbocycles. The van der Waals surface area contributed by atoms with Crippen LogP contribution in [0, 0.1) is 0 Å². The SMILES string of the molecule is CC1OCCC1NCc1ccoc1. The molecule has 72 valence electrons. The van der Waals surface area contributed by atoms with E-state index in [1.54, 1.807) is 12.5 Å². The molecule has 1 aromatic heterocycles. The van der Waals surface area contributed by atoms with Crippen LogP contribution < -0.4 is 5.32 Å². The summed E-state index contributed by atoms with van der Waals surface area (Å²) >= 11 is 0. The lowest BCUT2D eigenvalue weighted by molar-refractivity contribution is 0.113. The molecule has 0 bridgehead atoms. The van der Waals surface area contributed by atoms with Crippen molar-refractivity contribution in [1.82, 2.24) is 5.32 Å². The molecule has 0 spiro atoms. The number of rotatable bonds is 3. The van der Waals surface area contributed by atoms with Crippen molar-refractivity contribution >= 4 is 0 Å². The molecule has 2 unspecified atom stereocenters. The molecule has 1 N–H and O–H groups in total. The van der Waals surface area contributed by atoms with Crippen molar-refractivity contribution in [1.29, 1.82) is 0 Å². The molecule has 2 rings (SSSR count). The van der Waals surface area contributed by atoms with Crippen molar-refractivity contribution in [3.63, 3.8) is 0 Å². The Hall–Kier alpha value is -0.800. The zero-order valence-electron chi connectivity index (χ0n) is 7.82. The Labute approximate surface area is 78.1 Å². The van der Waals surface area contributed by atoms with Gasteiger partial charge in [0.25, 0.3) is 0 Å². The van der Waals surface area contributed by atoms with Gasteiger partial charge in [-0.1, -0.05) is 0 Å². The number of ether oxygens (including phenoxy) is 1. The molecule has 0 radical (unpaired) electrons. The zero-order chi connectivity index (χ0) is 9.10. The Bertz CT molecular complexity index is 245. The first-order valence-electron chi connectivity index (χ1n) is 4.72. The van der Waals surface area contributed by atoms with Crippen LogP contribution in [0.5, 0.6) is 0 Å². The fraction of sp³-hybridized carbons (Fsp3) is 0.600. The van der Waals surface area contributed by atoms with E-state index in [1.165, 1.54) is 5.56 Å². The molecular weight excluding hydrogens is 166 g/mol. The average Bonchev–Trinajstić information content (AvgIpc) is 2.72. The molecule has 1 aliphatic rings. The van der Waals surface area contributed by atoms with Crippen molar-refractivity contribution < 1.29 is 9.15 Å². The Balaban J connectivity index is 1.79. The van der Waals surface area contributed by atoms with Crippen molar-refractivity contribution in [2.45, 2.75) is 32.0 Å². The van der Waals surface area contributed by atoms with Crippen molar-refractivity contribution in [3.05, 3.63) is 24.2 Å². The van der Waals surface area contributed by atoms with Gasteiger partial charge in [-0.05, 0) is 19.4 Å². The average molecular weight is 181 g/mol. The summed E-state index contributed by atoms with van der Waals surface area (Å²) in [6.07, 6.45) is 4.92. The summed E-state index contributed by atoms with van der Waals surface area (Å²) < 4.78 is 10.4. The molecule has 1 saturated heterocycles. The molecule has 2 atom stereocenters. The maximum Gasteiger partial charge on any atom is 0.0947 e. The third-order valence-electron chi connectivity index (χ3n) is 2.52. The monoisotopic (exact) mass is 181 g/mol. The van der Waals surface area contributed by atoms with E-state index in [2.05, 4.69) is 12.2 Å². The Kier molecular flexibility index (Phi) is 2.66. The minimum absolute atomic E-state index is 0.340. The number of hydrogen-bond donors (Lipinski definition) is 1. The van der Waals surface area contributed by atoms with E-state index >= 15 is 0 Å². The van der Waals surface area contributed by atoms with Gasteiger partial charge in [-0.3, -0.25) is 0 Å². The highest BCUT2D eigenvalue weighted by Gasteiger charge is 2.23. The summed E-state index contributed by atoms with van der Waals surface area (Å²) in [5, 5.41) is 3.45. The first kappa shape index (κ1) is 8.78. The zero-order valence-corrected chi connectivity index (χ0v) is 7.82. The Morgan fingerprint density at radius 1 is 1.62 bits per heavy atom. The molecular formula is C10H15NO2. The second kappa shape index (κ2) is 3.94. The van der Waals surface area contributed by atoms with E-state index in [0.717, 1.165) is 19.6 Å². The van der Waals surface area contributed by atoms with Crippen molar-refractivity contribution in [2.24, 2.45) is 0 Å². The van der Waals surface area contributed by atoms with Crippen LogP contribution in [-0.2, 0) is 11.3 Å². The summed E-state index contributed by atoms with van der Waals surface area (Å²) in [5.41, 5.74) is 1.19. The van der Waals surface area contributed by atoms with E-state index in [4.69, 9.17) is 9.15 Å². The van der Waals surface area contributed by atoms with E-state index in [-0.39, 0.29) is 0 Å². The number of furan rings is 1. The van der Waals surface area contributed by atoms with E-state index in [9.17, 15) is 0 Å². The largest absolute Gasteiger partial charge is 0.472 e. The topological polar surface area (TPSA) is 34.4 Å². The third-order valence-corrected chi connectivity index (χ3v) is 2.52. The van der Waals surface area contributed by atoms with Gasteiger partial charge < -0.3 is 14.5 Å². The van der Waals surface area contributed by atoms with Crippen LogP contribution in [0.2, 0.25) is 0 Å². The summed E-state index contributed by atoms with van der Waals surface area (Å²) in [6, 6.07) is 2.47. The highest BCUT2D eigenvalue weighted by molar-refractivity contribution is 5.05. The minimum Gasteiger partial charge on any atom is -0.472 e. The van der Waals surface area contributed by atoms with Crippen LogP contribution in [0.4, 0.5) is 0 Å². The number of nitrogens with one attached hydrogen (secondary N) is 1. The molecule has 1 fully saturated rings. The van der Waals surface area contributed by atoms with Gasteiger partial charge >= 0.3 is 0 Å². The molecule has 13 heavy (non-hydrogen) atoms. The second-order valence-electron chi connectivity index (χ2n) is 3.48. The van der Waals surface area contributed by atoms with Crippen molar-refractivity contribution in [3.8, 4) is 0 Å². The lowest BCUT2D eigenvalue weighted by atomic mass is 10.1. The molecule has 3 heteroatoms. The van der Waals surface area contributed by atoms with Gasteiger partial charge in [0, 0.05) is 24.8 Å². The fourth-order valence-corrected chi connectivity index (χ4v) is 1.64. The predicted octanol–water partition coefficient (Wildman–Crippen LogP) is 1.55. The van der Waals surface area contributed by atoms with Gasteiger partial charge in [0.2, 0.25) is 0 Å². The van der Waals surface area contributed by atoms with Crippen LogP contribution in [0.1, 0.15) is 18.9 Å². The lowest BCUT2D eigenvalue weighted by Gasteiger charge is -2.14. The highest BCUT2D eigenvalue weighted by Crippen LogP contribution is 2.13. The molecule has 0 aliphatic carbocycles. The minimum atomic E-state index is 0.340. The third kappa shape index (κ3) is 2.11. The highest BCUT2D eigenvalue weighted by atomic mass is 16.5. The maximum atomic E-state index is 5.45. The van der Waals surface area contributed by atoms with Crippen molar-refractivity contribution in [2.75, 3.05) is 6.61 Å². The second-order valence-corrected chi connectivity index (χ2v) is 3.48. The molecule has 1 aromatic rings. The van der Waals surface area contributed by atoms with Gasteiger partial charge in [0.15, 0.2) is 0 Å². The summed E-state index contributed by atoms with van der Waals surface area (Å²) in [5.74, 6) is 0. The van der Waals surface area contributed by atoms with Gasteiger partial charge in [-0.15, -0.1) is 0 Å². The Morgan fingerprint density at radius 2 is 2.54 bits per heavy atom. The van der Waals surface area contributed by atoms with Crippen LogP contribution >= 0.6 is 0 Å². The standard InChI is InChI=1S/C10H15NO2/c1-8-10(3-5-13-8)11-6-9-2-4-12-7-9/h2,4,7-8,10-11H,3,5-6H2,1H3. The smallest absolute Gasteiger partial charge is 0.0947 e. The predicted molar refractivity (Wildman–Crippen MR) is 49.4 cm³/mol. The van der Waals surface area contributed by atoms with Gasteiger partial charge in [0.05, 0.1) is 18.6 Å². The molecule has 2 heterocycles. The molecule has 1 aliphatic heterocycles. The van der Waals surface area contributed by atoms with E-state index in [1.807, 2.05) is 6.07 Å². The fourth-order valence-electron chi connectivity index (χ4n) is 1.64. The maximum absolute atomic E-state index is 5.45. The normalized spacial score (nSPS) is 28.1. The van der Waals surface area contributed by atoms with Crippen LogP contribution in [0.25, 0.3) is 0 Å². The van der Waals surface area contributed by atoms with Gasteiger partial charge in [-0.2, -0.15) is 0 Å². The van der Waals surface area contributed by atoms with Crippen LogP contribution in [-0.4, -0.2) is 18.8 Å². The van der Waals surface area contributed by atoms with Crippen LogP contribution in [0.3, 0.4) is 0 Å². The summed E-state index contributed by atoms with van der Waals surface area (Å²) in [6.45, 7) is 3.86. The molecule has 3 nitrogen and oxygen atoms in total. The first-order valence-corrected chi connectivity index (χ1v) is 4.72. The van der Waals surface area contributed by atoms with Gasteiger partial charge in [0.1, 0.15) is 0 Å². The quantitative estimate of drug-likeness (QED) is 0.768.